The topological polar surface area (TPSA) is 64.6 Å². The van der Waals surface area contributed by atoms with Crippen LogP contribution in [0.3, 0.4) is 0 Å². The van der Waals surface area contributed by atoms with Gasteiger partial charge in [-0.1, -0.05) is 23.8 Å². The minimum atomic E-state index is -0.318. The Morgan fingerprint density at radius 2 is 1.71 bits per heavy atom. The lowest BCUT2D eigenvalue weighted by molar-refractivity contribution is -0.138. The van der Waals surface area contributed by atoms with Crippen LogP contribution in [0.15, 0.2) is 29.8 Å². The summed E-state index contributed by atoms with van der Waals surface area (Å²) >= 11 is 0. The highest BCUT2D eigenvalue weighted by Crippen LogP contribution is 2.16. The summed E-state index contributed by atoms with van der Waals surface area (Å²) in [4.78, 5) is 20.9. The minimum absolute atomic E-state index is 0.286. The zero-order chi connectivity index (χ0) is 18.0. The number of benzene rings is 1. The highest BCUT2D eigenvalue weighted by molar-refractivity contribution is 5.89. The second kappa shape index (κ2) is 9.88. The van der Waals surface area contributed by atoms with Crippen molar-refractivity contribution in [1.29, 1.82) is 0 Å². The van der Waals surface area contributed by atoms with Crippen molar-refractivity contribution in [3.8, 4) is 0 Å². The average Bonchev–Trinajstić information content (AvgIpc) is 2.55. The van der Waals surface area contributed by atoms with Crippen LogP contribution in [0, 0.1) is 0 Å². The third kappa shape index (κ3) is 7.92. The Balaban J connectivity index is 0.000000351. The largest absolute Gasteiger partial charge is 0.465 e. The number of carbonyl (C=O) groups is 2. The fraction of sp³-hybridized carbons (Fsp3) is 0.474. The van der Waals surface area contributed by atoms with E-state index in [1.807, 2.05) is 32.9 Å². The molecule has 0 aliphatic carbocycles. The van der Waals surface area contributed by atoms with E-state index in [1.165, 1.54) is 12.7 Å². The number of methoxy groups -OCH3 is 1. The molecule has 1 fully saturated rings. The van der Waals surface area contributed by atoms with Crippen molar-refractivity contribution in [1.82, 2.24) is 5.32 Å². The number of piperidine rings is 1. The third-order valence-corrected chi connectivity index (χ3v) is 3.35. The molecule has 5 heteroatoms. The molecule has 1 N–H and O–H groups in total. The van der Waals surface area contributed by atoms with Crippen LogP contribution in [0.2, 0.25) is 0 Å². The Hall–Kier alpha value is -2.14. The molecule has 0 bridgehead atoms. The maximum absolute atomic E-state index is 11.3. The van der Waals surface area contributed by atoms with E-state index in [9.17, 15) is 9.59 Å². The molecule has 0 atom stereocenters. The number of hydrogen-bond acceptors (Lipinski definition) is 5. The van der Waals surface area contributed by atoms with Gasteiger partial charge in [0.1, 0.15) is 5.60 Å². The number of ether oxygens (including phenoxy) is 2. The van der Waals surface area contributed by atoms with Gasteiger partial charge >= 0.3 is 5.97 Å². The smallest absolute Gasteiger partial charge is 0.337 e. The Bertz CT molecular complexity index is 548. The van der Waals surface area contributed by atoms with Crippen LogP contribution in [-0.4, -0.2) is 38.2 Å². The summed E-state index contributed by atoms with van der Waals surface area (Å²) in [5, 5.41) is 3.33. The van der Waals surface area contributed by atoms with Gasteiger partial charge in [0.05, 0.1) is 12.7 Å². The predicted molar refractivity (Wildman–Crippen MR) is 94.8 cm³/mol. The van der Waals surface area contributed by atoms with Crippen molar-refractivity contribution in [2.24, 2.45) is 0 Å². The van der Waals surface area contributed by atoms with Crippen molar-refractivity contribution in [3.63, 3.8) is 0 Å². The predicted octanol–water partition coefficient (Wildman–Crippen LogP) is 3.20. The van der Waals surface area contributed by atoms with E-state index in [0.29, 0.717) is 12.0 Å². The van der Waals surface area contributed by atoms with Gasteiger partial charge in [-0.05, 0) is 64.4 Å². The lowest BCUT2D eigenvalue weighted by Crippen LogP contribution is -2.22. The maximum atomic E-state index is 11.3. The van der Waals surface area contributed by atoms with Crippen molar-refractivity contribution < 1.29 is 19.1 Å². The molecule has 5 nitrogen and oxygen atoms in total. The fourth-order valence-electron chi connectivity index (χ4n) is 2.11. The fourth-order valence-corrected chi connectivity index (χ4v) is 2.11. The number of esters is 1. The van der Waals surface area contributed by atoms with Crippen LogP contribution in [-0.2, 0) is 14.3 Å². The quantitative estimate of drug-likeness (QED) is 0.680. The van der Waals surface area contributed by atoms with Gasteiger partial charge in [-0.25, -0.2) is 4.79 Å². The monoisotopic (exact) mass is 333 g/mol. The lowest BCUT2D eigenvalue weighted by atomic mass is 10.0. The molecule has 2 rings (SSSR count). The molecule has 0 saturated carbocycles. The summed E-state index contributed by atoms with van der Waals surface area (Å²) in [6.45, 7) is 8.04. The zero-order valence-electron chi connectivity index (χ0n) is 14.9. The minimum Gasteiger partial charge on any atom is -0.465 e. The normalized spacial score (nSPS) is 14.1. The number of nitrogens with one attached hydrogen (secondary N) is 1. The Morgan fingerprint density at radius 1 is 1.12 bits per heavy atom. The van der Waals surface area contributed by atoms with E-state index in [2.05, 4.69) is 20.9 Å². The van der Waals surface area contributed by atoms with Crippen LogP contribution in [0.4, 0.5) is 0 Å². The summed E-state index contributed by atoms with van der Waals surface area (Å²) < 4.78 is 9.21. The van der Waals surface area contributed by atoms with Gasteiger partial charge in [0.15, 0.2) is 0 Å². The second-order valence-electron chi connectivity index (χ2n) is 6.49. The van der Waals surface area contributed by atoms with Gasteiger partial charge in [0.25, 0.3) is 6.47 Å². The summed E-state index contributed by atoms with van der Waals surface area (Å²) in [6.07, 6.45) is 4.43. The van der Waals surface area contributed by atoms with E-state index in [0.717, 1.165) is 31.5 Å². The molecule has 0 unspecified atom stereocenters. The summed E-state index contributed by atoms with van der Waals surface area (Å²) in [5.41, 5.74) is 2.89. The molecule has 1 heterocycles. The van der Waals surface area contributed by atoms with Gasteiger partial charge in [0.2, 0.25) is 0 Å². The second-order valence-corrected chi connectivity index (χ2v) is 6.49. The third-order valence-electron chi connectivity index (χ3n) is 3.35. The molecule has 1 aromatic rings. The molecular formula is C19H27NO4. The molecule has 0 spiro atoms. The average molecular weight is 333 g/mol. The molecular weight excluding hydrogens is 306 g/mol. The number of carbonyl (C=O) groups excluding carboxylic acids is 2. The highest BCUT2D eigenvalue weighted by Gasteiger charge is 2.07. The van der Waals surface area contributed by atoms with E-state index >= 15 is 0 Å². The Labute approximate surface area is 144 Å². The van der Waals surface area contributed by atoms with Crippen LogP contribution >= 0.6 is 0 Å². The van der Waals surface area contributed by atoms with Gasteiger partial charge in [0, 0.05) is 0 Å². The molecule has 132 valence electrons. The van der Waals surface area contributed by atoms with Crippen molar-refractivity contribution >= 4 is 18.5 Å². The summed E-state index contributed by atoms with van der Waals surface area (Å²) in [5.74, 6) is -0.286. The molecule has 24 heavy (non-hydrogen) atoms. The molecule has 0 amide bonds. The summed E-state index contributed by atoms with van der Waals surface area (Å²) in [7, 11) is 1.40. The molecule has 0 aromatic heterocycles. The molecule has 1 aromatic carbocycles. The lowest BCUT2D eigenvalue weighted by Gasteiger charge is -2.15. The van der Waals surface area contributed by atoms with Crippen LogP contribution in [0.25, 0.3) is 6.08 Å². The molecule has 1 saturated heterocycles. The van der Waals surface area contributed by atoms with E-state index in [4.69, 9.17) is 0 Å². The molecule has 1 aliphatic rings. The van der Waals surface area contributed by atoms with E-state index in [-0.39, 0.29) is 11.6 Å². The van der Waals surface area contributed by atoms with E-state index < -0.39 is 0 Å². The highest BCUT2D eigenvalue weighted by atomic mass is 16.5. The standard InChI is InChI=1S/C14H17NO2.C5H10O2/c1-17-14(16)13-4-2-11(3-5-13)10-12-6-8-15-9-7-12;1-5(2,3)7-4-6/h2-5,10,15H,6-9H2,1H3;4H,1-3H3. The number of hydrogen-bond donors (Lipinski definition) is 1. The van der Waals surface area contributed by atoms with Gasteiger partial charge in [-0.15, -0.1) is 0 Å². The van der Waals surface area contributed by atoms with Crippen LogP contribution < -0.4 is 5.32 Å². The van der Waals surface area contributed by atoms with Crippen molar-refractivity contribution in [3.05, 3.63) is 41.0 Å². The van der Waals surface area contributed by atoms with Crippen LogP contribution in [0.5, 0.6) is 0 Å². The first-order valence-electron chi connectivity index (χ1n) is 8.05. The van der Waals surface area contributed by atoms with Gasteiger partial charge < -0.3 is 14.8 Å². The SMILES string of the molecule is CC(C)(C)OC=O.COC(=O)c1ccc(C=C2CCNCC2)cc1. The summed E-state index contributed by atoms with van der Waals surface area (Å²) in [6, 6.07) is 7.53. The maximum Gasteiger partial charge on any atom is 0.337 e. The molecule has 0 radical (unpaired) electrons. The van der Waals surface area contributed by atoms with Gasteiger partial charge in [-0.2, -0.15) is 0 Å². The van der Waals surface area contributed by atoms with Gasteiger partial charge in [-0.3, -0.25) is 4.79 Å². The van der Waals surface area contributed by atoms with E-state index in [1.54, 1.807) is 12.1 Å². The zero-order valence-corrected chi connectivity index (χ0v) is 14.9. The number of rotatable bonds is 3. The molecule has 1 aliphatic heterocycles. The Morgan fingerprint density at radius 3 is 2.12 bits per heavy atom. The first-order valence-corrected chi connectivity index (χ1v) is 8.05. The first-order chi connectivity index (χ1) is 11.4. The van der Waals surface area contributed by atoms with Crippen LogP contribution in [0.1, 0.15) is 49.5 Å². The first kappa shape index (κ1) is 19.9. The van der Waals surface area contributed by atoms with Crippen molar-refractivity contribution in [2.75, 3.05) is 20.2 Å². The Kier molecular flexibility index (Phi) is 8.19. The van der Waals surface area contributed by atoms with Crippen molar-refractivity contribution in [2.45, 2.75) is 39.2 Å².